The first-order chi connectivity index (χ1) is 13.1. The number of amides is 1. The lowest BCUT2D eigenvalue weighted by Crippen LogP contribution is -2.12. The Labute approximate surface area is 158 Å². The summed E-state index contributed by atoms with van der Waals surface area (Å²) in [5.74, 6) is 0.586. The molecule has 1 aromatic carbocycles. The van der Waals surface area contributed by atoms with Crippen molar-refractivity contribution >= 4 is 16.9 Å². The third kappa shape index (κ3) is 3.27. The Balaban J connectivity index is 1.73. The molecule has 0 atom stereocenters. The molecule has 2 N–H and O–H groups in total. The van der Waals surface area contributed by atoms with Gasteiger partial charge in [-0.15, -0.1) is 0 Å². The van der Waals surface area contributed by atoms with Crippen molar-refractivity contribution in [1.29, 1.82) is 0 Å². The molecule has 27 heavy (non-hydrogen) atoms. The van der Waals surface area contributed by atoms with E-state index in [1.54, 1.807) is 13.3 Å². The molecular formula is C21H24N4O2. The molecule has 0 saturated heterocycles. The van der Waals surface area contributed by atoms with Crippen LogP contribution in [0.4, 0.5) is 0 Å². The normalized spacial score (nSPS) is 13.1. The number of primary amides is 1. The second kappa shape index (κ2) is 7.02. The van der Waals surface area contributed by atoms with Gasteiger partial charge < -0.3 is 10.5 Å². The van der Waals surface area contributed by atoms with Crippen molar-refractivity contribution in [2.24, 2.45) is 5.73 Å². The second-order valence-corrected chi connectivity index (χ2v) is 7.17. The van der Waals surface area contributed by atoms with Gasteiger partial charge in [0.15, 0.2) is 0 Å². The maximum Gasteiger partial charge on any atom is 0.217 e. The summed E-state index contributed by atoms with van der Waals surface area (Å²) < 4.78 is 7.56. The molecule has 0 radical (unpaired) electrons. The van der Waals surface area contributed by atoms with Gasteiger partial charge in [0.1, 0.15) is 11.3 Å². The fourth-order valence-corrected chi connectivity index (χ4v) is 3.98. The summed E-state index contributed by atoms with van der Waals surface area (Å²) in [5, 5.41) is 4.46. The number of aromatic nitrogens is 3. The van der Waals surface area contributed by atoms with Gasteiger partial charge in [0.2, 0.25) is 5.91 Å². The molecule has 1 aliphatic carbocycles. The van der Waals surface area contributed by atoms with Gasteiger partial charge in [-0.1, -0.05) is 0 Å². The monoisotopic (exact) mass is 364 g/mol. The molecule has 0 bridgehead atoms. The summed E-state index contributed by atoms with van der Waals surface area (Å²) in [4.78, 5) is 15.8. The maximum atomic E-state index is 11.0. The number of ether oxygens (including phenoxy) is 1. The van der Waals surface area contributed by atoms with Gasteiger partial charge in [0, 0.05) is 18.5 Å². The van der Waals surface area contributed by atoms with Gasteiger partial charge in [0.25, 0.3) is 0 Å². The number of carbonyl (C=O) groups is 1. The summed E-state index contributed by atoms with van der Waals surface area (Å²) >= 11 is 0. The third-order valence-electron chi connectivity index (χ3n) is 5.27. The van der Waals surface area contributed by atoms with E-state index < -0.39 is 0 Å². The molecule has 0 aliphatic heterocycles. The van der Waals surface area contributed by atoms with Gasteiger partial charge in [0.05, 0.1) is 24.5 Å². The van der Waals surface area contributed by atoms with E-state index in [-0.39, 0.29) is 5.91 Å². The fraction of sp³-hybridized carbons (Fsp3) is 0.381. The molecule has 3 aromatic rings. The van der Waals surface area contributed by atoms with Crippen LogP contribution in [0, 0.1) is 6.92 Å². The summed E-state index contributed by atoms with van der Waals surface area (Å²) in [6.07, 6.45) is 6.26. The average molecular weight is 364 g/mol. The number of hydrogen-bond acceptors (Lipinski definition) is 4. The molecule has 0 spiro atoms. The quantitative estimate of drug-likeness (QED) is 0.728. The topological polar surface area (TPSA) is 83.0 Å². The first-order valence-corrected chi connectivity index (χ1v) is 9.38. The molecule has 6 nitrogen and oxygen atoms in total. The van der Waals surface area contributed by atoms with Gasteiger partial charge in [-0.2, -0.15) is 5.10 Å². The molecule has 0 fully saturated rings. The van der Waals surface area contributed by atoms with E-state index >= 15 is 0 Å². The van der Waals surface area contributed by atoms with E-state index in [0.717, 1.165) is 46.4 Å². The smallest absolute Gasteiger partial charge is 0.217 e. The van der Waals surface area contributed by atoms with Crippen LogP contribution in [0.5, 0.6) is 5.75 Å². The lowest BCUT2D eigenvalue weighted by Gasteiger charge is -2.13. The Morgan fingerprint density at radius 1 is 1.26 bits per heavy atom. The van der Waals surface area contributed by atoms with E-state index in [1.807, 2.05) is 4.68 Å². The molecule has 1 amide bonds. The number of hydrogen-bond donors (Lipinski definition) is 1. The zero-order valence-corrected chi connectivity index (χ0v) is 15.8. The van der Waals surface area contributed by atoms with Crippen molar-refractivity contribution < 1.29 is 9.53 Å². The number of fused-ring (bicyclic) bond motifs is 2. The van der Waals surface area contributed by atoms with E-state index in [9.17, 15) is 4.79 Å². The van der Waals surface area contributed by atoms with Crippen molar-refractivity contribution in [2.45, 2.75) is 45.6 Å². The summed E-state index contributed by atoms with van der Waals surface area (Å²) in [6.45, 7) is 2.72. The lowest BCUT2D eigenvalue weighted by atomic mass is 10.0. The van der Waals surface area contributed by atoms with Crippen molar-refractivity contribution in [3.8, 4) is 17.0 Å². The first kappa shape index (κ1) is 17.5. The van der Waals surface area contributed by atoms with E-state index in [0.29, 0.717) is 19.4 Å². The molecular weight excluding hydrogens is 340 g/mol. The highest BCUT2D eigenvalue weighted by Gasteiger charge is 2.18. The van der Waals surface area contributed by atoms with Crippen LogP contribution in [0.1, 0.15) is 36.0 Å². The number of aryl methyl sites for hydroxylation is 4. The second-order valence-electron chi connectivity index (χ2n) is 7.17. The van der Waals surface area contributed by atoms with Crippen LogP contribution in [0.25, 0.3) is 22.3 Å². The van der Waals surface area contributed by atoms with Crippen molar-refractivity contribution in [3.63, 3.8) is 0 Å². The largest absolute Gasteiger partial charge is 0.496 e. The zero-order valence-electron chi connectivity index (χ0n) is 15.8. The highest BCUT2D eigenvalue weighted by molar-refractivity contribution is 5.83. The Morgan fingerprint density at radius 3 is 2.78 bits per heavy atom. The molecule has 6 heteroatoms. The van der Waals surface area contributed by atoms with Crippen LogP contribution >= 0.6 is 0 Å². The van der Waals surface area contributed by atoms with E-state index in [1.165, 1.54) is 17.5 Å². The number of rotatable bonds is 6. The molecule has 2 heterocycles. The predicted molar refractivity (Wildman–Crippen MR) is 105 cm³/mol. The molecule has 4 rings (SSSR count). The van der Waals surface area contributed by atoms with Crippen molar-refractivity contribution in [1.82, 2.24) is 14.8 Å². The standard InChI is InChI=1S/C21H24N4O2/c1-13-9-17(16-10-14-5-3-6-15(14)11-19(16)27-2)24-18-12-23-25(21(13)18)8-4-7-20(22)26/h9-12H,3-8H2,1-2H3,(H2,22,26). The highest BCUT2D eigenvalue weighted by atomic mass is 16.5. The minimum absolute atomic E-state index is 0.285. The Bertz CT molecular complexity index is 1020. The van der Waals surface area contributed by atoms with E-state index in [4.69, 9.17) is 15.5 Å². The predicted octanol–water partition coefficient (Wildman–Crippen LogP) is 3.17. The molecule has 140 valence electrons. The number of benzene rings is 1. The van der Waals surface area contributed by atoms with Crippen LogP contribution in [-0.2, 0) is 24.2 Å². The Kier molecular flexibility index (Phi) is 4.56. The molecule has 0 saturated carbocycles. The van der Waals surface area contributed by atoms with Gasteiger partial charge in [-0.05, 0) is 67.5 Å². The van der Waals surface area contributed by atoms with Crippen LogP contribution in [0.15, 0.2) is 24.4 Å². The number of nitrogens with zero attached hydrogens (tertiary/aromatic N) is 3. The lowest BCUT2D eigenvalue weighted by molar-refractivity contribution is -0.118. The van der Waals surface area contributed by atoms with E-state index in [2.05, 4.69) is 30.2 Å². The zero-order chi connectivity index (χ0) is 19.0. The number of carbonyl (C=O) groups excluding carboxylic acids is 1. The van der Waals surface area contributed by atoms with Crippen LogP contribution in [0.3, 0.4) is 0 Å². The number of nitrogens with two attached hydrogens (primary N) is 1. The third-order valence-corrected chi connectivity index (χ3v) is 5.27. The Morgan fingerprint density at radius 2 is 2.04 bits per heavy atom. The van der Waals surface area contributed by atoms with Gasteiger partial charge >= 0.3 is 0 Å². The maximum absolute atomic E-state index is 11.0. The molecule has 1 aliphatic rings. The van der Waals surface area contributed by atoms with Gasteiger partial charge in [-0.25, -0.2) is 4.98 Å². The fourth-order valence-electron chi connectivity index (χ4n) is 3.98. The average Bonchev–Trinajstić information content (AvgIpc) is 3.26. The van der Waals surface area contributed by atoms with Crippen LogP contribution < -0.4 is 10.5 Å². The molecule has 0 unspecified atom stereocenters. The van der Waals surface area contributed by atoms with Crippen molar-refractivity contribution in [3.05, 3.63) is 41.1 Å². The highest BCUT2D eigenvalue weighted by Crippen LogP contribution is 2.36. The molecule has 2 aromatic heterocycles. The number of pyridine rings is 1. The Hall–Kier alpha value is -2.89. The van der Waals surface area contributed by atoms with Gasteiger partial charge in [-0.3, -0.25) is 9.48 Å². The summed E-state index contributed by atoms with van der Waals surface area (Å²) in [5.41, 5.74) is 12.9. The SMILES string of the molecule is COc1cc2c(cc1-c1cc(C)c3c(cnn3CCCC(N)=O)n1)CCC2. The first-order valence-electron chi connectivity index (χ1n) is 9.38. The number of methoxy groups -OCH3 is 1. The summed E-state index contributed by atoms with van der Waals surface area (Å²) in [7, 11) is 1.71. The van der Waals surface area contributed by atoms with Crippen LogP contribution in [0.2, 0.25) is 0 Å². The van der Waals surface area contributed by atoms with Crippen molar-refractivity contribution in [2.75, 3.05) is 7.11 Å². The minimum Gasteiger partial charge on any atom is -0.496 e. The summed E-state index contributed by atoms with van der Waals surface area (Å²) in [6, 6.07) is 6.48. The van der Waals surface area contributed by atoms with Crippen LogP contribution in [-0.4, -0.2) is 27.8 Å². The minimum atomic E-state index is -0.285.